The summed E-state index contributed by atoms with van der Waals surface area (Å²) in [6.45, 7) is 3.62. The smallest absolute Gasteiger partial charge is 0.356 e. The Morgan fingerprint density at radius 3 is 2.38 bits per heavy atom. The molecule has 0 aromatic carbocycles. The summed E-state index contributed by atoms with van der Waals surface area (Å²) in [7, 11) is 0. The van der Waals surface area contributed by atoms with Gasteiger partial charge >= 0.3 is 12.1 Å². The highest BCUT2D eigenvalue weighted by molar-refractivity contribution is 5.94. The Labute approximate surface area is 210 Å². The van der Waals surface area contributed by atoms with Crippen LogP contribution in [0.4, 0.5) is 22.0 Å². The summed E-state index contributed by atoms with van der Waals surface area (Å²) < 4.78 is 68.5. The van der Waals surface area contributed by atoms with Gasteiger partial charge in [0.25, 0.3) is 5.92 Å². The number of fused-ring (bicyclic) bond motifs is 3. The summed E-state index contributed by atoms with van der Waals surface area (Å²) in [5.74, 6) is -10.6. The minimum Gasteiger partial charge on any atom is -0.356 e. The average Bonchev–Trinajstić information content (AvgIpc) is 3.19. The van der Waals surface area contributed by atoms with Crippen LogP contribution in [-0.4, -0.2) is 71.3 Å². The lowest BCUT2D eigenvalue weighted by Gasteiger charge is -2.54. The van der Waals surface area contributed by atoms with Crippen molar-refractivity contribution in [3.05, 3.63) is 0 Å². The van der Waals surface area contributed by atoms with E-state index in [1.165, 1.54) is 0 Å². The Kier molecular flexibility index (Phi) is 8.34. The third kappa shape index (κ3) is 6.30. The van der Waals surface area contributed by atoms with Gasteiger partial charge < -0.3 is 20.9 Å². The number of hydrogen-bond acceptors (Lipinski definition) is 5. The molecule has 2 bridgehead atoms. The quantitative estimate of drug-likeness (QED) is 0.407. The number of carbonyl (C=O) groups is 4. The molecule has 4 amide bonds. The van der Waals surface area contributed by atoms with E-state index >= 15 is 0 Å². The van der Waals surface area contributed by atoms with Gasteiger partial charge in [0, 0.05) is 24.9 Å². The van der Waals surface area contributed by atoms with Crippen molar-refractivity contribution in [2.75, 3.05) is 6.54 Å². The number of nitriles is 1. The molecule has 0 radical (unpaired) electrons. The predicted octanol–water partition coefficient (Wildman–Crippen LogP) is 1.63. The fraction of sp³-hybridized carbons (Fsp3) is 0.783. The van der Waals surface area contributed by atoms with Gasteiger partial charge in [-0.2, -0.15) is 18.4 Å². The van der Waals surface area contributed by atoms with Crippen LogP contribution >= 0.6 is 0 Å². The molecule has 37 heavy (non-hydrogen) atoms. The number of nitrogens with zero attached hydrogens (tertiary/aromatic N) is 2. The standard InChI is InChI=1S/C23H30F5N5O4/c1-11(2)7-16(32-21(37)23(26,27)28)20(36)33-14-3-4-15(22(24,25)9-14)17(33)19(35)31-13(10-29)8-12-5-6-30-18(12)34/h11-17H,3-9H2,1-2H3,(H,30,34)(H,31,35)(H,32,37)/t12-,13+,14-,15-,16-,17-/m1/s1. The zero-order valence-corrected chi connectivity index (χ0v) is 20.4. The largest absolute Gasteiger partial charge is 0.471 e. The summed E-state index contributed by atoms with van der Waals surface area (Å²) in [6, 6.07) is -3.94. The lowest BCUT2D eigenvalue weighted by Crippen LogP contribution is -2.71. The maximum absolute atomic E-state index is 14.9. The normalized spacial score (nSPS) is 28.3. The van der Waals surface area contributed by atoms with Crippen LogP contribution in [0.2, 0.25) is 0 Å². The van der Waals surface area contributed by atoms with Crippen molar-refractivity contribution < 1.29 is 41.1 Å². The van der Waals surface area contributed by atoms with E-state index in [1.807, 2.05) is 6.07 Å². The Bertz CT molecular complexity index is 966. The second-order valence-corrected chi connectivity index (χ2v) is 10.3. The molecule has 3 N–H and O–H groups in total. The third-order valence-corrected chi connectivity index (χ3v) is 7.18. The number of hydrogen-bond donors (Lipinski definition) is 3. The lowest BCUT2D eigenvalue weighted by molar-refractivity contribution is -0.196. The number of rotatable bonds is 8. The number of alkyl halides is 5. The Hall–Kier alpha value is -2.98. The van der Waals surface area contributed by atoms with Crippen LogP contribution in [-0.2, 0) is 19.2 Å². The van der Waals surface area contributed by atoms with Crippen LogP contribution in [0.15, 0.2) is 0 Å². The van der Waals surface area contributed by atoms with Crippen molar-refractivity contribution >= 4 is 23.6 Å². The van der Waals surface area contributed by atoms with E-state index in [9.17, 15) is 46.4 Å². The number of piperidine rings is 2. The van der Waals surface area contributed by atoms with Gasteiger partial charge in [-0.3, -0.25) is 19.2 Å². The molecule has 0 aromatic heterocycles. The molecule has 0 spiro atoms. The fourth-order valence-corrected chi connectivity index (χ4v) is 5.49. The SMILES string of the molecule is CC(C)C[C@@H](NC(=O)C(F)(F)F)C(=O)N1[C@@H]2CC[C@H]([C@@H]1C(=O)N[C@H](C#N)C[C@H]1CCNC1=O)C(F)(F)C2. The van der Waals surface area contributed by atoms with Gasteiger partial charge in [-0.05, 0) is 38.0 Å². The second-order valence-electron chi connectivity index (χ2n) is 10.3. The van der Waals surface area contributed by atoms with Crippen LogP contribution in [0, 0.1) is 29.1 Å². The van der Waals surface area contributed by atoms with Crippen LogP contribution < -0.4 is 16.0 Å². The van der Waals surface area contributed by atoms with Gasteiger partial charge in [-0.15, -0.1) is 0 Å². The van der Waals surface area contributed by atoms with Gasteiger partial charge in [-0.1, -0.05) is 13.8 Å². The van der Waals surface area contributed by atoms with Crippen LogP contribution in [0.3, 0.4) is 0 Å². The number of amides is 4. The summed E-state index contributed by atoms with van der Waals surface area (Å²) >= 11 is 0. The minimum absolute atomic E-state index is 0.0587. The first-order valence-corrected chi connectivity index (χ1v) is 12.2. The van der Waals surface area contributed by atoms with Crippen molar-refractivity contribution in [2.24, 2.45) is 17.8 Å². The van der Waals surface area contributed by atoms with Crippen molar-refractivity contribution in [2.45, 2.75) is 88.6 Å². The fourth-order valence-electron chi connectivity index (χ4n) is 5.49. The zero-order chi connectivity index (χ0) is 27.7. The van der Waals surface area contributed by atoms with E-state index in [0.29, 0.717) is 13.0 Å². The van der Waals surface area contributed by atoms with E-state index in [-0.39, 0.29) is 37.5 Å². The molecular weight excluding hydrogens is 505 g/mol. The van der Waals surface area contributed by atoms with Crippen LogP contribution in [0.5, 0.6) is 0 Å². The molecule has 6 atom stereocenters. The Morgan fingerprint density at radius 2 is 1.86 bits per heavy atom. The summed E-state index contributed by atoms with van der Waals surface area (Å²) in [6.07, 6.45) is -5.87. The first-order chi connectivity index (χ1) is 17.2. The van der Waals surface area contributed by atoms with Gasteiger partial charge in [0.1, 0.15) is 18.1 Å². The third-order valence-electron chi connectivity index (χ3n) is 7.18. The molecule has 1 saturated carbocycles. The molecule has 1 aliphatic carbocycles. The van der Waals surface area contributed by atoms with Crippen LogP contribution in [0.25, 0.3) is 0 Å². The van der Waals surface area contributed by atoms with E-state index in [2.05, 4.69) is 10.6 Å². The highest BCUT2D eigenvalue weighted by Crippen LogP contribution is 2.49. The first-order valence-electron chi connectivity index (χ1n) is 12.2. The van der Waals surface area contributed by atoms with Crippen molar-refractivity contribution in [3.8, 4) is 6.07 Å². The molecule has 9 nitrogen and oxygen atoms in total. The van der Waals surface area contributed by atoms with Crippen molar-refractivity contribution in [1.29, 1.82) is 5.26 Å². The maximum Gasteiger partial charge on any atom is 0.471 e. The molecule has 4 aliphatic rings. The summed E-state index contributed by atoms with van der Waals surface area (Å²) in [5.41, 5.74) is 0. The van der Waals surface area contributed by atoms with Crippen LogP contribution in [0.1, 0.15) is 52.4 Å². The van der Waals surface area contributed by atoms with Gasteiger partial charge in [0.15, 0.2) is 0 Å². The molecule has 3 heterocycles. The molecule has 3 aliphatic heterocycles. The highest BCUT2D eigenvalue weighted by atomic mass is 19.4. The zero-order valence-electron chi connectivity index (χ0n) is 20.4. The maximum atomic E-state index is 14.9. The number of halogens is 5. The molecular formula is C23H30F5N5O4. The van der Waals surface area contributed by atoms with E-state index in [4.69, 9.17) is 0 Å². The second kappa shape index (κ2) is 10.8. The molecule has 0 unspecified atom stereocenters. The van der Waals surface area contributed by atoms with Crippen molar-refractivity contribution in [3.63, 3.8) is 0 Å². The average molecular weight is 536 g/mol. The molecule has 3 saturated heterocycles. The molecule has 4 rings (SSSR count). The van der Waals surface area contributed by atoms with Gasteiger partial charge in [0.2, 0.25) is 17.7 Å². The summed E-state index contributed by atoms with van der Waals surface area (Å²) in [5, 5.41) is 16.1. The van der Waals surface area contributed by atoms with Gasteiger partial charge in [-0.25, -0.2) is 8.78 Å². The minimum atomic E-state index is -5.27. The molecule has 4 fully saturated rings. The number of carbonyl (C=O) groups excluding carboxylic acids is 4. The first kappa shape index (κ1) is 28.6. The van der Waals surface area contributed by atoms with E-state index < -0.39 is 72.2 Å². The molecule has 0 aromatic rings. The van der Waals surface area contributed by atoms with Gasteiger partial charge in [0.05, 0.1) is 12.0 Å². The van der Waals surface area contributed by atoms with Crippen molar-refractivity contribution in [1.82, 2.24) is 20.9 Å². The van der Waals surface area contributed by atoms with E-state index in [1.54, 1.807) is 19.2 Å². The predicted molar refractivity (Wildman–Crippen MR) is 117 cm³/mol. The monoisotopic (exact) mass is 535 g/mol. The molecule has 14 heteroatoms. The topological polar surface area (TPSA) is 131 Å². The Balaban J connectivity index is 1.87. The lowest BCUT2D eigenvalue weighted by atomic mass is 9.71. The van der Waals surface area contributed by atoms with E-state index in [0.717, 1.165) is 4.90 Å². The highest BCUT2D eigenvalue weighted by Gasteiger charge is 2.61. The Morgan fingerprint density at radius 1 is 1.19 bits per heavy atom. The molecule has 206 valence electrons. The summed E-state index contributed by atoms with van der Waals surface area (Å²) in [4.78, 5) is 51.1. The number of nitrogens with one attached hydrogen (secondary N) is 3.